The summed E-state index contributed by atoms with van der Waals surface area (Å²) in [5.74, 6) is 0. The van der Waals surface area contributed by atoms with E-state index in [1.165, 1.54) is 0 Å². The van der Waals surface area contributed by atoms with Gasteiger partial charge in [-0.2, -0.15) is 5.26 Å². The van der Waals surface area contributed by atoms with Crippen molar-refractivity contribution in [2.75, 3.05) is 13.6 Å². The number of nitrogens with zero attached hydrogens (tertiary/aromatic N) is 3. The van der Waals surface area contributed by atoms with Crippen LogP contribution in [0.25, 0.3) is 10.9 Å². The summed E-state index contributed by atoms with van der Waals surface area (Å²) in [7, 11) is 1.91. The summed E-state index contributed by atoms with van der Waals surface area (Å²) in [6.45, 7) is 1.09. The molecule has 0 aliphatic heterocycles. The molecule has 0 spiro atoms. The molecule has 0 atom stereocenters. The Kier molecular flexibility index (Phi) is 3.58. The molecule has 0 amide bonds. The average molecular weight is 246 g/mol. The number of hydrogen-bond donors (Lipinski definition) is 0. The molecule has 2 rings (SSSR count). The standard InChI is InChI=1S/C13H12ClN3/c1-17(8-6-15)9-10-4-5-12(14)11-3-2-7-16-13(10)11/h2-5,7H,8-9H2,1H3. The summed E-state index contributed by atoms with van der Waals surface area (Å²) in [5.41, 5.74) is 1.99. The Bertz CT molecular complexity index is 574. The van der Waals surface area contributed by atoms with Gasteiger partial charge in [0, 0.05) is 23.2 Å². The SMILES string of the molecule is CN(CC#N)Cc1ccc(Cl)c2cccnc12. The predicted molar refractivity (Wildman–Crippen MR) is 68.7 cm³/mol. The molecule has 0 aliphatic carbocycles. The van der Waals surface area contributed by atoms with Crippen molar-refractivity contribution >= 4 is 22.5 Å². The minimum Gasteiger partial charge on any atom is -0.289 e. The Hall–Kier alpha value is -1.63. The van der Waals surface area contributed by atoms with Crippen molar-refractivity contribution in [3.05, 3.63) is 41.0 Å². The summed E-state index contributed by atoms with van der Waals surface area (Å²) in [5, 5.41) is 10.3. The van der Waals surface area contributed by atoms with Crippen molar-refractivity contribution in [2.24, 2.45) is 0 Å². The number of hydrogen-bond acceptors (Lipinski definition) is 3. The first-order valence-electron chi connectivity index (χ1n) is 5.30. The lowest BCUT2D eigenvalue weighted by atomic mass is 10.1. The van der Waals surface area contributed by atoms with Gasteiger partial charge in [-0.3, -0.25) is 9.88 Å². The molecule has 1 aromatic heterocycles. The molecule has 0 saturated carbocycles. The molecule has 3 nitrogen and oxygen atoms in total. The Labute approximate surface area is 105 Å². The van der Waals surface area contributed by atoms with E-state index < -0.39 is 0 Å². The second kappa shape index (κ2) is 5.13. The van der Waals surface area contributed by atoms with Crippen LogP contribution in [0.5, 0.6) is 0 Å². The molecule has 2 aromatic rings. The lowest BCUT2D eigenvalue weighted by Gasteiger charge is -2.14. The molecule has 86 valence electrons. The van der Waals surface area contributed by atoms with Crippen LogP contribution in [0.2, 0.25) is 5.02 Å². The normalized spacial score (nSPS) is 10.7. The lowest BCUT2D eigenvalue weighted by molar-refractivity contribution is 0.368. The Balaban J connectivity index is 2.42. The Morgan fingerprint density at radius 1 is 1.41 bits per heavy atom. The van der Waals surface area contributed by atoms with E-state index in [0.717, 1.165) is 16.5 Å². The van der Waals surface area contributed by atoms with Crippen molar-refractivity contribution < 1.29 is 0 Å². The van der Waals surface area contributed by atoms with Crippen molar-refractivity contribution in [1.82, 2.24) is 9.88 Å². The molecular formula is C13H12ClN3. The maximum atomic E-state index is 8.64. The van der Waals surface area contributed by atoms with Crippen LogP contribution in [0.15, 0.2) is 30.5 Å². The summed E-state index contributed by atoms with van der Waals surface area (Å²) in [4.78, 5) is 6.30. The van der Waals surface area contributed by atoms with Crippen LogP contribution >= 0.6 is 11.6 Å². The number of nitriles is 1. The van der Waals surface area contributed by atoms with Gasteiger partial charge in [0.05, 0.1) is 18.1 Å². The fourth-order valence-corrected chi connectivity index (χ4v) is 2.01. The van der Waals surface area contributed by atoms with Crippen molar-refractivity contribution in [1.29, 1.82) is 5.26 Å². The fourth-order valence-electron chi connectivity index (χ4n) is 1.79. The zero-order chi connectivity index (χ0) is 12.3. The van der Waals surface area contributed by atoms with E-state index in [0.29, 0.717) is 18.1 Å². The second-order valence-electron chi connectivity index (χ2n) is 3.94. The van der Waals surface area contributed by atoms with Gasteiger partial charge in [-0.05, 0) is 30.8 Å². The fraction of sp³-hybridized carbons (Fsp3) is 0.231. The monoisotopic (exact) mass is 245 g/mol. The number of benzene rings is 1. The summed E-state index contributed by atoms with van der Waals surface area (Å²) < 4.78 is 0. The van der Waals surface area contributed by atoms with Gasteiger partial charge in [0.2, 0.25) is 0 Å². The van der Waals surface area contributed by atoms with Gasteiger partial charge in [-0.25, -0.2) is 0 Å². The van der Waals surface area contributed by atoms with Gasteiger partial charge in [0.1, 0.15) is 0 Å². The lowest BCUT2D eigenvalue weighted by Crippen LogP contribution is -2.18. The number of halogens is 1. The van der Waals surface area contributed by atoms with E-state index >= 15 is 0 Å². The summed E-state index contributed by atoms with van der Waals surface area (Å²) in [6, 6.07) is 9.80. The van der Waals surface area contributed by atoms with Crippen LogP contribution in [-0.4, -0.2) is 23.5 Å². The van der Waals surface area contributed by atoms with Crippen LogP contribution in [0.4, 0.5) is 0 Å². The van der Waals surface area contributed by atoms with E-state index in [-0.39, 0.29) is 0 Å². The van der Waals surface area contributed by atoms with Crippen molar-refractivity contribution in [3.8, 4) is 6.07 Å². The second-order valence-corrected chi connectivity index (χ2v) is 4.34. The predicted octanol–water partition coefficient (Wildman–Crippen LogP) is 2.84. The molecular weight excluding hydrogens is 234 g/mol. The molecule has 0 bridgehead atoms. The highest BCUT2D eigenvalue weighted by atomic mass is 35.5. The van der Waals surface area contributed by atoms with E-state index in [1.54, 1.807) is 6.20 Å². The first kappa shape index (κ1) is 11.8. The average Bonchev–Trinajstić information content (AvgIpc) is 2.34. The maximum absolute atomic E-state index is 8.64. The topological polar surface area (TPSA) is 39.9 Å². The highest BCUT2D eigenvalue weighted by molar-refractivity contribution is 6.35. The molecule has 0 unspecified atom stereocenters. The summed E-state index contributed by atoms with van der Waals surface area (Å²) >= 11 is 6.12. The molecule has 4 heteroatoms. The molecule has 0 N–H and O–H groups in total. The first-order valence-corrected chi connectivity index (χ1v) is 5.68. The zero-order valence-corrected chi connectivity index (χ0v) is 10.3. The van der Waals surface area contributed by atoms with E-state index in [9.17, 15) is 0 Å². The van der Waals surface area contributed by atoms with Crippen LogP contribution in [-0.2, 0) is 6.54 Å². The smallest absolute Gasteiger partial charge is 0.0866 e. The highest BCUT2D eigenvalue weighted by Crippen LogP contribution is 2.25. The molecule has 0 fully saturated rings. The Morgan fingerprint density at radius 3 is 3.00 bits per heavy atom. The van der Waals surface area contributed by atoms with E-state index in [2.05, 4.69) is 11.1 Å². The van der Waals surface area contributed by atoms with Gasteiger partial charge < -0.3 is 0 Å². The van der Waals surface area contributed by atoms with Crippen LogP contribution in [0, 0.1) is 11.3 Å². The summed E-state index contributed by atoms with van der Waals surface area (Å²) in [6.07, 6.45) is 1.76. The molecule has 1 heterocycles. The molecule has 17 heavy (non-hydrogen) atoms. The first-order chi connectivity index (χ1) is 8.22. The zero-order valence-electron chi connectivity index (χ0n) is 9.52. The van der Waals surface area contributed by atoms with Crippen molar-refractivity contribution in [3.63, 3.8) is 0 Å². The number of pyridine rings is 1. The van der Waals surface area contributed by atoms with Crippen LogP contribution in [0.3, 0.4) is 0 Å². The van der Waals surface area contributed by atoms with Crippen molar-refractivity contribution in [2.45, 2.75) is 6.54 Å². The number of aromatic nitrogens is 1. The molecule has 0 radical (unpaired) electrons. The number of rotatable bonds is 3. The molecule has 1 aromatic carbocycles. The third kappa shape index (κ3) is 2.55. The van der Waals surface area contributed by atoms with Gasteiger partial charge in [0.15, 0.2) is 0 Å². The third-order valence-electron chi connectivity index (χ3n) is 2.58. The van der Waals surface area contributed by atoms with Crippen LogP contribution < -0.4 is 0 Å². The minimum atomic E-state index is 0.400. The van der Waals surface area contributed by atoms with Gasteiger partial charge in [-0.1, -0.05) is 17.7 Å². The largest absolute Gasteiger partial charge is 0.289 e. The molecule has 0 aliphatic rings. The Morgan fingerprint density at radius 2 is 2.24 bits per heavy atom. The van der Waals surface area contributed by atoms with Gasteiger partial charge in [-0.15, -0.1) is 0 Å². The highest BCUT2D eigenvalue weighted by Gasteiger charge is 2.07. The minimum absolute atomic E-state index is 0.400. The third-order valence-corrected chi connectivity index (χ3v) is 2.91. The van der Waals surface area contributed by atoms with Gasteiger partial charge in [0.25, 0.3) is 0 Å². The molecule has 0 saturated heterocycles. The maximum Gasteiger partial charge on any atom is 0.0866 e. The van der Waals surface area contributed by atoms with Gasteiger partial charge >= 0.3 is 0 Å². The quantitative estimate of drug-likeness (QED) is 0.781. The van der Waals surface area contributed by atoms with Crippen LogP contribution in [0.1, 0.15) is 5.56 Å². The van der Waals surface area contributed by atoms with E-state index in [4.69, 9.17) is 16.9 Å². The number of fused-ring (bicyclic) bond motifs is 1. The van der Waals surface area contributed by atoms with E-state index in [1.807, 2.05) is 36.2 Å².